The number of unbranched alkanes of at least 4 members (excludes halogenated alkanes) is 2. The van der Waals surface area contributed by atoms with Gasteiger partial charge in [-0.05, 0) is 56.0 Å². The van der Waals surface area contributed by atoms with Crippen LogP contribution in [0.5, 0.6) is 0 Å². The molecule has 0 saturated carbocycles. The summed E-state index contributed by atoms with van der Waals surface area (Å²) in [7, 11) is 0. The lowest BCUT2D eigenvalue weighted by atomic mass is 10.0. The number of benzene rings is 1. The number of carbonyl (C=O) groups is 1. The second-order valence-electron chi connectivity index (χ2n) is 7.73. The minimum Gasteiger partial charge on any atom is -0.463 e. The highest BCUT2D eigenvalue weighted by Gasteiger charge is 2.24. The predicted octanol–water partition coefficient (Wildman–Crippen LogP) is 5.23. The maximum atomic E-state index is 12.6. The quantitative estimate of drug-likeness (QED) is 0.495. The van der Waals surface area contributed by atoms with Crippen molar-refractivity contribution in [1.82, 2.24) is 9.80 Å². The van der Waals surface area contributed by atoms with E-state index in [2.05, 4.69) is 55.1 Å². The van der Waals surface area contributed by atoms with Crippen LogP contribution in [-0.4, -0.2) is 35.3 Å². The van der Waals surface area contributed by atoms with Crippen LogP contribution in [0.2, 0.25) is 0 Å². The van der Waals surface area contributed by atoms with Gasteiger partial charge in [0.15, 0.2) is 0 Å². The molecule has 4 nitrogen and oxygen atoms in total. The molecule has 1 aliphatic heterocycles. The first-order valence-electron chi connectivity index (χ1n) is 10.8. The van der Waals surface area contributed by atoms with Crippen molar-refractivity contribution in [2.75, 3.05) is 19.6 Å². The Hall–Kier alpha value is -1.78. The first-order chi connectivity index (χ1) is 13.7. The largest absolute Gasteiger partial charge is 0.463 e. The standard InChI is InChI=1S/C24H34N2O2.ClH/c1-3-25(4-2)18-22-17-21-15-16-26(19-23(21)28-22)24(27)14-10-6-9-13-20-11-7-5-8-12-20;/h5,7-8,11-12,17H,3-4,6,9-10,13-16,18-19H2,1-2H3;1H. The Balaban J connectivity index is 0.00000300. The number of hydrogen-bond donors (Lipinski definition) is 0. The summed E-state index contributed by atoms with van der Waals surface area (Å²) in [6.45, 7) is 8.71. The van der Waals surface area contributed by atoms with Crippen LogP contribution in [0.4, 0.5) is 0 Å². The normalized spacial score (nSPS) is 13.3. The molecule has 0 radical (unpaired) electrons. The number of furan rings is 1. The van der Waals surface area contributed by atoms with Crippen LogP contribution in [0.25, 0.3) is 0 Å². The molecular formula is C24H35ClN2O2. The van der Waals surface area contributed by atoms with Crippen molar-refractivity contribution in [2.45, 2.75) is 65.5 Å². The van der Waals surface area contributed by atoms with Gasteiger partial charge in [0.2, 0.25) is 5.91 Å². The molecule has 0 atom stereocenters. The predicted molar refractivity (Wildman–Crippen MR) is 120 cm³/mol. The van der Waals surface area contributed by atoms with Gasteiger partial charge >= 0.3 is 0 Å². The van der Waals surface area contributed by atoms with Gasteiger partial charge in [-0.2, -0.15) is 0 Å². The Kier molecular flexibility index (Phi) is 9.75. The van der Waals surface area contributed by atoms with E-state index in [4.69, 9.17) is 4.42 Å². The second kappa shape index (κ2) is 12.0. The second-order valence-corrected chi connectivity index (χ2v) is 7.73. The number of aryl methyl sites for hydroxylation is 1. The monoisotopic (exact) mass is 418 g/mol. The number of nitrogens with zero attached hydrogens (tertiary/aromatic N) is 2. The van der Waals surface area contributed by atoms with Crippen molar-refractivity contribution >= 4 is 18.3 Å². The maximum absolute atomic E-state index is 12.6. The molecule has 0 aliphatic carbocycles. The van der Waals surface area contributed by atoms with Crippen LogP contribution >= 0.6 is 12.4 Å². The fourth-order valence-corrected chi connectivity index (χ4v) is 3.92. The molecular weight excluding hydrogens is 384 g/mol. The molecule has 1 aromatic carbocycles. The first-order valence-corrected chi connectivity index (χ1v) is 10.8. The Bertz CT molecular complexity index is 741. The molecule has 1 amide bonds. The summed E-state index contributed by atoms with van der Waals surface area (Å²) in [5.41, 5.74) is 2.67. The van der Waals surface area contributed by atoms with Gasteiger partial charge in [0.25, 0.3) is 0 Å². The SMILES string of the molecule is CCN(CC)Cc1cc2c(o1)CN(C(=O)CCCCCc1ccccc1)CC2.Cl. The van der Waals surface area contributed by atoms with Gasteiger partial charge in [0.05, 0.1) is 13.1 Å². The van der Waals surface area contributed by atoms with Crippen molar-refractivity contribution < 1.29 is 9.21 Å². The van der Waals surface area contributed by atoms with Gasteiger partial charge in [-0.3, -0.25) is 9.69 Å². The lowest BCUT2D eigenvalue weighted by Crippen LogP contribution is -2.35. The molecule has 160 valence electrons. The van der Waals surface area contributed by atoms with Crippen molar-refractivity contribution in [2.24, 2.45) is 0 Å². The van der Waals surface area contributed by atoms with Crippen LogP contribution in [0.3, 0.4) is 0 Å². The summed E-state index contributed by atoms with van der Waals surface area (Å²) >= 11 is 0. The molecule has 0 unspecified atom stereocenters. The maximum Gasteiger partial charge on any atom is 0.222 e. The van der Waals surface area contributed by atoms with Crippen molar-refractivity contribution in [3.8, 4) is 0 Å². The highest BCUT2D eigenvalue weighted by atomic mass is 35.5. The van der Waals surface area contributed by atoms with Crippen molar-refractivity contribution in [3.63, 3.8) is 0 Å². The highest BCUT2D eigenvalue weighted by molar-refractivity contribution is 5.85. The van der Waals surface area contributed by atoms with Crippen LogP contribution in [-0.2, 0) is 30.7 Å². The van der Waals surface area contributed by atoms with E-state index >= 15 is 0 Å². The average molecular weight is 419 g/mol. The van der Waals surface area contributed by atoms with Crippen LogP contribution in [0, 0.1) is 0 Å². The number of amides is 1. The van der Waals surface area contributed by atoms with Gasteiger partial charge in [0, 0.05) is 13.0 Å². The average Bonchev–Trinajstić information content (AvgIpc) is 3.14. The molecule has 1 aromatic heterocycles. The fourth-order valence-electron chi connectivity index (χ4n) is 3.92. The smallest absolute Gasteiger partial charge is 0.222 e. The third kappa shape index (κ3) is 6.90. The van der Waals surface area contributed by atoms with Gasteiger partial charge in [-0.1, -0.05) is 50.6 Å². The fraction of sp³-hybridized carbons (Fsp3) is 0.542. The summed E-state index contributed by atoms with van der Waals surface area (Å²) in [4.78, 5) is 16.9. The third-order valence-corrected chi connectivity index (χ3v) is 5.76. The summed E-state index contributed by atoms with van der Waals surface area (Å²) in [6, 6.07) is 12.8. The Morgan fingerprint density at radius 2 is 1.86 bits per heavy atom. The molecule has 0 bridgehead atoms. The molecule has 0 N–H and O–H groups in total. The lowest BCUT2D eigenvalue weighted by molar-refractivity contribution is -0.132. The molecule has 0 fully saturated rings. The summed E-state index contributed by atoms with van der Waals surface area (Å²) in [5, 5.41) is 0. The van der Waals surface area contributed by atoms with Gasteiger partial charge in [0.1, 0.15) is 11.5 Å². The van der Waals surface area contributed by atoms with Gasteiger partial charge < -0.3 is 9.32 Å². The first kappa shape index (κ1) is 23.5. The van der Waals surface area contributed by atoms with E-state index in [-0.39, 0.29) is 18.3 Å². The topological polar surface area (TPSA) is 36.7 Å². The highest BCUT2D eigenvalue weighted by Crippen LogP contribution is 2.24. The van der Waals surface area contributed by atoms with E-state index in [1.807, 2.05) is 4.90 Å². The van der Waals surface area contributed by atoms with E-state index in [0.717, 1.165) is 69.8 Å². The minimum atomic E-state index is 0. The number of halogens is 1. The molecule has 1 aliphatic rings. The Morgan fingerprint density at radius 1 is 1.10 bits per heavy atom. The van der Waals surface area contributed by atoms with E-state index in [1.54, 1.807) is 0 Å². The van der Waals surface area contributed by atoms with Crippen LogP contribution < -0.4 is 0 Å². The van der Waals surface area contributed by atoms with E-state index in [0.29, 0.717) is 13.0 Å². The summed E-state index contributed by atoms with van der Waals surface area (Å²) in [6.07, 6.45) is 5.89. The summed E-state index contributed by atoms with van der Waals surface area (Å²) in [5.74, 6) is 2.29. The Morgan fingerprint density at radius 3 is 2.59 bits per heavy atom. The van der Waals surface area contributed by atoms with Gasteiger partial charge in [-0.25, -0.2) is 0 Å². The van der Waals surface area contributed by atoms with Gasteiger partial charge in [-0.15, -0.1) is 12.4 Å². The number of rotatable bonds is 10. The molecule has 0 saturated heterocycles. The number of hydrogen-bond acceptors (Lipinski definition) is 3. The van der Waals surface area contributed by atoms with Crippen LogP contribution in [0.15, 0.2) is 40.8 Å². The molecule has 2 aromatic rings. The van der Waals surface area contributed by atoms with Crippen molar-refractivity contribution in [1.29, 1.82) is 0 Å². The lowest BCUT2D eigenvalue weighted by Gasteiger charge is -2.26. The van der Waals surface area contributed by atoms with E-state index in [9.17, 15) is 4.79 Å². The number of fused-ring (bicyclic) bond motifs is 1. The zero-order valence-corrected chi connectivity index (χ0v) is 18.7. The van der Waals surface area contributed by atoms with E-state index in [1.165, 1.54) is 11.1 Å². The Labute approximate surface area is 181 Å². The molecule has 3 rings (SSSR count). The minimum absolute atomic E-state index is 0. The third-order valence-electron chi connectivity index (χ3n) is 5.76. The zero-order chi connectivity index (χ0) is 19.8. The zero-order valence-electron chi connectivity index (χ0n) is 17.9. The molecule has 29 heavy (non-hydrogen) atoms. The molecule has 0 spiro atoms. The number of carbonyl (C=O) groups excluding carboxylic acids is 1. The van der Waals surface area contributed by atoms with E-state index < -0.39 is 0 Å². The van der Waals surface area contributed by atoms with Crippen LogP contribution in [0.1, 0.15) is 62.2 Å². The van der Waals surface area contributed by atoms with Crippen molar-refractivity contribution in [3.05, 3.63) is 59.0 Å². The summed E-state index contributed by atoms with van der Waals surface area (Å²) < 4.78 is 6.08. The molecule has 2 heterocycles. The molecule has 5 heteroatoms.